The molecule has 10 atom stereocenters. The lowest BCUT2D eigenvalue weighted by Gasteiger charge is -2.95. The second-order valence-electron chi connectivity index (χ2n) is 27.4. The third-order valence-corrected chi connectivity index (χ3v) is 24.4. The number of hydrogen-bond acceptors (Lipinski definition) is 0. The fraction of sp³-hybridized carbons (Fsp3) is 0.962. The van der Waals surface area contributed by atoms with Crippen LogP contribution in [0.2, 0.25) is 0 Å². The van der Waals surface area contributed by atoms with Crippen LogP contribution < -0.4 is 0 Å². The predicted molar refractivity (Wildman–Crippen MR) is 236 cm³/mol. The van der Waals surface area contributed by atoms with Crippen LogP contribution in [0.1, 0.15) is 207 Å². The summed E-state index contributed by atoms with van der Waals surface area (Å²) in [4.78, 5) is 0. The van der Waals surface area contributed by atoms with E-state index in [1.165, 1.54) is 6.42 Å². The lowest BCUT2D eigenvalue weighted by Crippen LogP contribution is -2.90. The van der Waals surface area contributed by atoms with E-state index < -0.39 is 0 Å². The first-order chi connectivity index (χ1) is 23.0. The van der Waals surface area contributed by atoms with Gasteiger partial charge in [0.2, 0.25) is 0 Å². The average Bonchev–Trinajstić information content (AvgIpc) is 2.97. The molecule has 0 saturated heterocycles. The predicted octanol–water partition coefficient (Wildman–Crippen LogP) is 16.5. The lowest BCUT2D eigenvalue weighted by atomic mass is 9.09. The number of fused-ring (bicyclic) bond motifs is 3. The minimum Gasteiger partial charge on any atom is -0.0648 e. The normalized spacial score (nSPS) is 49.5. The zero-order valence-corrected chi connectivity index (χ0v) is 41.9. The van der Waals surface area contributed by atoms with Gasteiger partial charge in [0.15, 0.2) is 0 Å². The summed E-state index contributed by atoms with van der Waals surface area (Å²) in [7, 11) is 0. The Labute approximate surface area is 336 Å². The molecular formula is C53H98. The first-order valence-electron chi connectivity index (χ1n) is 22.7. The summed E-state index contributed by atoms with van der Waals surface area (Å²) in [5.41, 5.74) is 1.22. The van der Waals surface area contributed by atoms with Gasteiger partial charge in [-0.2, -0.15) is 0 Å². The molecule has 4 fully saturated rings. The molecular weight excluding hydrogens is 637 g/mol. The third kappa shape index (κ3) is 4.29. The molecule has 0 nitrogen and oxygen atoms in total. The molecule has 10 unspecified atom stereocenters. The van der Waals surface area contributed by atoms with Crippen LogP contribution in [0.5, 0.6) is 0 Å². The second-order valence-corrected chi connectivity index (χ2v) is 27.4. The minimum atomic E-state index is -0.00211. The van der Waals surface area contributed by atoms with Crippen LogP contribution in [-0.4, -0.2) is 0 Å². The van der Waals surface area contributed by atoms with Crippen molar-refractivity contribution in [1.82, 2.24) is 0 Å². The van der Waals surface area contributed by atoms with Gasteiger partial charge < -0.3 is 0 Å². The van der Waals surface area contributed by atoms with Gasteiger partial charge in [0.1, 0.15) is 0 Å². The first kappa shape index (κ1) is 45.7. The summed E-state index contributed by atoms with van der Waals surface area (Å²) in [6, 6.07) is 0. The Morgan fingerprint density at radius 2 is 0.925 bits per heavy atom. The Balaban J connectivity index is 2.23. The summed E-state index contributed by atoms with van der Waals surface area (Å²) in [6.07, 6.45) is 6.83. The van der Waals surface area contributed by atoms with Crippen LogP contribution in [0.3, 0.4) is 0 Å². The van der Waals surface area contributed by atoms with Crippen molar-refractivity contribution in [2.75, 3.05) is 0 Å². The molecule has 310 valence electrons. The second kappa shape index (κ2) is 11.6. The molecule has 0 aromatic heterocycles. The highest BCUT2D eigenvalue weighted by atomic mass is 15.0. The van der Waals surface area contributed by atoms with Gasteiger partial charge in [-0.25, -0.2) is 0 Å². The summed E-state index contributed by atoms with van der Waals surface area (Å²) >= 11 is 0. The van der Waals surface area contributed by atoms with Gasteiger partial charge in [0.05, 0.1) is 0 Å². The monoisotopic (exact) mass is 735 g/mol. The zero-order chi connectivity index (χ0) is 42.2. The van der Waals surface area contributed by atoms with Gasteiger partial charge in [-0.15, -0.1) is 0 Å². The van der Waals surface area contributed by atoms with Crippen molar-refractivity contribution in [2.24, 2.45) is 117 Å². The van der Waals surface area contributed by atoms with Crippen molar-refractivity contribution in [3.8, 4) is 0 Å². The third-order valence-electron chi connectivity index (χ3n) is 24.4. The maximum Gasteiger partial charge on any atom is -0.0145 e. The highest BCUT2D eigenvalue weighted by Gasteiger charge is 2.93. The Morgan fingerprint density at radius 1 is 0.509 bits per heavy atom. The Hall–Kier alpha value is 0. The molecule has 0 bridgehead atoms. The van der Waals surface area contributed by atoms with E-state index in [1.807, 2.05) is 0 Å². The largest absolute Gasteiger partial charge is 0.0648 e. The van der Waals surface area contributed by atoms with Crippen LogP contribution in [0.25, 0.3) is 0 Å². The van der Waals surface area contributed by atoms with Crippen molar-refractivity contribution in [2.45, 2.75) is 207 Å². The van der Waals surface area contributed by atoms with E-state index >= 15 is 0 Å². The molecule has 0 amide bonds. The molecule has 0 aromatic carbocycles. The van der Waals surface area contributed by atoms with E-state index in [9.17, 15) is 0 Å². The Bertz CT molecular complexity index is 1390. The summed E-state index contributed by atoms with van der Waals surface area (Å²) in [5, 5.41) is 0. The topological polar surface area (TPSA) is 0 Å². The van der Waals surface area contributed by atoms with Gasteiger partial charge in [-0.1, -0.05) is 201 Å². The molecule has 4 rings (SSSR count). The maximum absolute atomic E-state index is 2.90. The Morgan fingerprint density at radius 3 is 1.28 bits per heavy atom. The van der Waals surface area contributed by atoms with Crippen LogP contribution in [0, 0.1) is 130 Å². The fourth-order valence-electron chi connectivity index (χ4n) is 19.9. The van der Waals surface area contributed by atoms with E-state index in [4.69, 9.17) is 0 Å². The molecule has 4 saturated carbocycles. The SMILES string of the molecule is CCC1(C)C(C)(C)C2(C)C3C(C)C([CH]C(C)C)C([CH]C(C)(C)C)C(C)C3C(C)(C)C(C)(C)C2(C)C(C)(C)C1(C)C1(C)C(C)(C)C(C)(C(C)(C)C)C1(C)C. The van der Waals surface area contributed by atoms with Gasteiger partial charge >= 0.3 is 0 Å². The highest BCUT2D eigenvalue weighted by molar-refractivity contribution is 5.40. The molecule has 0 spiro atoms. The van der Waals surface area contributed by atoms with Crippen LogP contribution >= 0.6 is 0 Å². The lowest BCUT2D eigenvalue weighted by molar-refractivity contribution is -0.479. The van der Waals surface area contributed by atoms with Gasteiger partial charge in [-0.05, 0) is 136 Å². The summed E-state index contributed by atoms with van der Waals surface area (Å²) < 4.78 is 0. The van der Waals surface area contributed by atoms with E-state index in [2.05, 4.69) is 214 Å². The fourth-order valence-corrected chi connectivity index (χ4v) is 19.9. The molecule has 0 heterocycles. The van der Waals surface area contributed by atoms with Crippen molar-refractivity contribution in [3.63, 3.8) is 0 Å². The van der Waals surface area contributed by atoms with E-state index in [0.717, 1.165) is 0 Å². The van der Waals surface area contributed by atoms with Crippen LogP contribution in [0.4, 0.5) is 0 Å². The average molecular weight is 735 g/mol. The van der Waals surface area contributed by atoms with Gasteiger partial charge in [0, 0.05) is 0 Å². The molecule has 0 aromatic rings. The molecule has 2 radical (unpaired) electrons. The molecule has 4 aliphatic rings. The smallest absolute Gasteiger partial charge is 0.0145 e. The van der Waals surface area contributed by atoms with Crippen molar-refractivity contribution < 1.29 is 0 Å². The van der Waals surface area contributed by atoms with Gasteiger partial charge in [-0.3, -0.25) is 0 Å². The standard InChI is InChI=1S/C53H98/c1-30-48(24)44(16,17)49(25)39-34(4)36(31-33(2)3)37(32-40(6,7)8)35(5)38(39)42(12,13)43(14,15)51(49,27)47(22,23)53(48,29)52(28)45(18,19)50(26,41(9,10)11)46(52,20)21/h31-39H,30H2,1-29H3. The van der Waals surface area contributed by atoms with E-state index in [-0.39, 0.29) is 75.8 Å². The Kier molecular flexibility index (Phi) is 10.00. The molecule has 0 N–H and O–H groups in total. The molecule has 0 aliphatic heterocycles. The highest BCUT2D eigenvalue weighted by Crippen LogP contribution is 2.97. The minimum absolute atomic E-state index is 0.00211. The number of hydrogen-bond donors (Lipinski definition) is 0. The number of rotatable bonds is 5. The van der Waals surface area contributed by atoms with Crippen molar-refractivity contribution >= 4 is 0 Å². The van der Waals surface area contributed by atoms with Gasteiger partial charge in [0.25, 0.3) is 0 Å². The maximum atomic E-state index is 2.90. The van der Waals surface area contributed by atoms with Crippen LogP contribution in [0.15, 0.2) is 0 Å². The van der Waals surface area contributed by atoms with Crippen molar-refractivity contribution in [3.05, 3.63) is 12.8 Å². The first-order valence-corrected chi connectivity index (χ1v) is 22.7. The molecule has 53 heavy (non-hydrogen) atoms. The van der Waals surface area contributed by atoms with E-state index in [0.29, 0.717) is 41.4 Å². The van der Waals surface area contributed by atoms with Crippen LogP contribution in [-0.2, 0) is 0 Å². The molecule has 0 heteroatoms. The quantitative estimate of drug-likeness (QED) is 0.264. The van der Waals surface area contributed by atoms with E-state index in [1.54, 1.807) is 0 Å². The zero-order valence-electron chi connectivity index (χ0n) is 41.9. The van der Waals surface area contributed by atoms with Crippen molar-refractivity contribution in [1.29, 1.82) is 0 Å². The summed E-state index contributed by atoms with van der Waals surface area (Å²) in [5.74, 6) is 4.19. The molecule has 4 aliphatic carbocycles. The summed E-state index contributed by atoms with van der Waals surface area (Å²) in [6.45, 7) is 78.1.